The van der Waals surface area contributed by atoms with Gasteiger partial charge in [0, 0.05) is 12.0 Å². The molecule has 0 radical (unpaired) electrons. The smallest absolute Gasteiger partial charge is 0.227 e. The molecule has 0 saturated heterocycles. The maximum atomic E-state index is 5.39. The minimum Gasteiger partial charge on any atom is -0.339 e. The highest BCUT2D eigenvalue weighted by Gasteiger charge is 2.17. The fourth-order valence-corrected chi connectivity index (χ4v) is 2.80. The lowest BCUT2D eigenvalue weighted by Gasteiger charge is -2.19. The van der Waals surface area contributed by atoms with E-state index in [4.69, 9.17) is 4.52 Å². The molecule has 3 heteroatoms. The van der Waals surface area contributed by atoms with Crippen molar-refractivity contribution >= 4 is 0 Å². The number of aromatic nitrogens is 2. The number of hydrogen-bond donors (Lipinski definition) is 0. The van der Waals surface area contributed by atoms with Crippen LogP contribution >= 0.6 is 0 Å². The van der Waals surface area contributed by atoms with Gasteiger partial charge in [-0.05, 0) is 25.7 Å². The standard InChI is InChI=1S/C16H20N2O/c1-12-7-9-14(10-8-12)16-17-15(19-18-16)11-13-5-3-2-4-6-13/h7-10,13H,2-6,11H2,1H3. The Morgan fingerprint density at radius 2 is 1.84 bits per heavy atom. The molecule has 0 unspecified atom stereocenters. The van der Waals surface area contributed by atoms with Crippen molar-refractivity contribution < 1.29 is 4.52 Å². The first-order chi connectivity index (χ1) is 9.31. The van der Waals surface area contributed by atoms with E-state index in [1.165, 1.54) is 37.7 Å². The van der Waals surface area contributed by atoms with Crippen LogP contribution in [0, 0.1) is 12.8 Å². The molecule has 1 aromatic heterocycles. The molecule has 0 bridgehead atoms. The van der Waals surface area contributed by atoms with Gasteiger partial charge in [-0.3, -0.25) is 0 Å². The summed E-state index contributed by atoms with van der Waals surface area (Å²) < 4.78 is 5.39. The van der Waals surface area contributed by atoms with Gasteiger partial charge in [0.1, 0.15) is 0 Å². The fourth-order valence-electron chi connectivity index (χ4n) is 2.80. The van der Waals surface area contributed by atoms with E-state index in [9.17, 15) is 0 Å². The molecule has 1 heterocycles. The second kappa shape index (κ2) is 5.55. The van der Waals surface area contributed by atoms with Crippen molar-refractivity contribution in [2.24, 2.45) is 5.92 Å². The van der Waals surface area contributed by atoms with Crippen LogP contribution in [0.5, 0.6) is 0 Å². The van der Waals surface area contributed by atoms with Crippen LogP contribution in [0.25, 0.3) is 11.4 Å². The number of rotatable bonds is 3. The molecule has 0 N–H and O–H groups in total. The minimum absolute atomic E-state index is 0.714. The molecule has 0 spiro atoms. The number of nitrogens with zero attached hydrogens (tertiary/aromatic N) is 2. The number of benzene rings is 1. The quantitative estimate of drug-likeness (QED) is 0.827. The first-order valence-electron chi connectivity index (χ1n) is 7.21. The van der Waals surface area contributed by atoms with Crippen LogP contribution in [-0.2, 0) is 6.42 Å². The van der Waals surface area contributed by atoms with Gasteiger partial charge in [0.05, 0.1) is 0 Å². The summed E-state index contributed by atoms with van der Waals surface area (Å²) in [5.41, 5.74) is 2.28. The average Bonchev–Trinajstić information content (AvgIpc) is 2.89. The van der Waals surface area contributed by atoms with Crippen molar-refractivity contribution in [2.45, 2.75) is 45.4 Å². The molecule has 100 valence electrons. The van der Waals surface area contributed by atoms with Crippen molar-refractivity contribution in [3.63, 3.8) is 0 Å². The summed E-state index contributed by atoms with van der Waals surface area (Å²) in [7, 11) is 0. The van der Waals surface area contributed by atoms with E-state index in [2.05, 4.69) is 29.2 Å². The molecule has 19 heavy (non-hydrogen) atoms. The highest BCUT2D eigenvalue weighted by molar-refractivity contribution is 5.54. The second-order valence-electron chi connectivity index (χ2n) is 5.59. The monoisotopic (exact) mass is 256 g/mol. The highest BCUT2D eigenvalue weighted by Crippen LogP contribution is 2.27. The lowest BCUT2D eigenvalue weighted by molar-refractivity contribution is 0.305. The van der Waals surface area contributed by atoms with Gasteiger partial charge in [-0.25, -0.2) is 0 Å². The Hall–Kier alpha value is -1.64. The van der Waals surface area contributed by atoms with E-state index in [0.717, 1.165) is 23.8 Å². The number of aryl methyl sites for hydroxylation is 1. The van der Waals surface area contributed by atoms with Crippen molar-refractivity contribution in [1.29, 1.82) is 0 Å². The summed E-state index contributed by atoms with van der Waals surface area (Å²) in [6.07, 6.45) is 7.64. The highest BCUT2D eigenvalue weighted by atomic mass is 16.5. The van der Waals surface area contributed by atoms with Crippen LogP contribution in [0.15, 0.2) is 28.8 Å². The van der Waals surface area contributed by atoms with Gasteiger partial charge >= 0.3 is 0 Å². The summed E-state index contributed by atoms with van der Waals surface area (Å²) in [6, 6.07) is 8.24. The molecule has 2 aromatic rings. The van der Waals surface area contributed by atoms with Crippen LogP contribution in [0.4, 0.5) is 0 Å². The predicted molar refractivity (Wildman–Crippen MR) is 74.8 cm³/mol. The van der Waals surface area contributed by atoms with Crippen LogP contribution in [0.2, 0.25) is 0 Å². The molecule has 3 nitrogen and oxygen atoms in total. The van der Waals surface area contributed by atoms with E-state index in [-0.39, 0.29) is 0 Å². The lowest BCUT2D eigenvalue weighted by Crippen LogP contribution is -2.09. The van der Waals surface area contributed by atoms with Crippen molar-refractivity contribution in [3.05, 3.63) is 35.7 Å². The van der Waals surface area contributed by atoms with E-state index < -0.39 is 0 Å². The Morgan fingerprint density at radius 1 is 1.11 bits per heavy atom. The van der Waals surface area contributed by atoms with E-state index >= 15 is 0 Å². The molecular weight excluding hydrogens is 236 g/mol. The van der Waals surface area contributed by atoms with Gasteiger partial charge in [0.15, 0.2) is 0 Å². The third-order valence-electron chi connectivity index (χ3n) is 3.97. The molecule has 0 amide bonds. The zero-order chi connectivity index (χ0) is 13.1. The van der Waals surface area contributed by atoms with E-state index in [0.29, 0.717) is 5.82 Å². The zero-order valence-corrected chi connectivity index (χ0v) is 11.4. The molecule has 1 aliphatic carbocycles. The van der Waals surface area contributed by atoms with Gasteiger partial charge in [-0.1, -0.05) is 54.2 Å². The Kier molecular flexibility index (Phi) is 3.62. The maximum absolute atomic E-state index is 5.39. The Labute approximate surface area is 114 Å². The normalized spacial score (nSPS) is 16.7. The van der Waals surface area contributed by atoms with Crippen LogP contribution in [0.1, 0.15) is 43.6 Å². The SMILES string of the molecule is Cc1ccc(-c2noc(CC3CCCCC3)n2)cc1. The summed E-state index contributed by atoms with van der Waals surface area (Å²) in [5.74, 6) is 2.24. The molecule has 0 aliphatic heterocycles. The Bertz CT molecular complexity index is 524. The largest absolute Gasteiger partial charge is 0.339 e. The summed E-state index contributed by atoms with van der Waals surface area (Å²) in [4.78, 5) is 4.53. The molecule has 1 aromatic carbocycles. The predicted octanol–water partition coefficient (Wildman–Crippen LogP) is 4.17. The third-order valence-corrected chi connectivity index (χ3v) is 3.97. The first-order valence-corrected chi connectivity index (χ1v) is 7.21. The fraction of sp³-hybridized carbons (Fsp3) is 0.500. The average molecular weight is 256 g/mol. The lowest BCUT2D eigenvalue weighted by atomic mass is 9.87. The zero-order valence-electron chi connectivity index (χ0n) is 11.4. The topological polar surface area (TPSA) is 38.9 Å². The summed E-state index contributed by atoms with van der Waals surface area (Å²) in [6.45, 7) is 2.08. The van der Waals surface area contributed by atoms with Gasteiger partial charge in [0.25, 0.3) is 0 Å². The van der Waals surface area contributed by atoms with E-state index in [1.807, 2.05) is 12.1 Å². The Morgan fingerprint density at radius 3 is 2.58 bits per heavy atom. The van der Waals surface area contributed by atoms with Crippen LogP contribution in [0.3, 0.4) is 0 Å². The maximum Gasteiger partial charge on any atom is 0.227 e. The Balaban J connectivity index is 1.70. The summed E-state index contributed by atoms with van der Waals surface area (Å²) >= 11 is 0. The molecule has 1 saturated carbocycles. The summed E-state index contributed by atoms with van der Waals surface area (Å²) in [5, 5.41) is 4.10. The van der Waals surface area contributed by atoms with Crippen molar-refractivity contribution in [1.82, 2.24) is 10.1 Å². The van der Waals surface area contributed by atoms with Gasteiger partial charge < -0.3 is 4.52 Å². The van der Waals surface area contributed by atoms with Crippen molar-refractivity contribution in [2.75, 3.05) is 0 Å². The second-order valence-corrected chi connectivity index (χ2v) is 5.59. The molecular formula is C16H20N2O. The van der Waals surface area contributed by atoms with Gasteiger partial charge in [-0.15, -0.1) is 0 Å². The molecule has 1 fully saturated rings. The number of hydrogen-bond acceptors (Lipinski definition) is 3. The molecule has 3 rings (SSSR count). The van der Waals surface area contributed by atoms with Crippen LogP contribution in [-0.4, -0.2) is 10.1 Å². The first kappa shape index (κ1) is 12.4. The minimum atomic E-state index is 0.714. The molecule has 1 aliphatic rings. The van der Waals surface area contributed by atoms with Crippen LogP contribution < -0.4 is 0 Å². The van der Waals surface area contributed by atoms with Gasteiger partial charge in [-0.2, -0.15) is 4.98 Å². The van der Waals surface area contributed by atoms with E-state index in [1.54, 1.807) is 0 Å². The molecule has 0 atom stereocenters. The van der Waals surface area contributed by atoms with Crippen molar-refractivity contribution in [3.8, 4) is 11.4 Å². The third kappa shape index (κ3) is 3.03. The van der Waals surface area contributed by atoms with Gasteiger partial charge in [0.2, 0.25) is 11.7 Å².